The number of fused-ring (bicyclic) bond motifs is 1. The average Bonchev–Trinajstić information content (AvgIpc) is 3.07. The first kappa shape index (κ1) is 17.4. The van der Waals surface area contributed by atoms with E-state index in [2.05, 4.69) is 20.4 Å². The maximum atomic E-state index is 12.2. The lowest BCUT2D eigenvalue weighted by atomic mass is 10.0. The zero-order valence-corrected chi connectivity index (χ0v) is 14.7. The van der Waals surface area contributed by atoms with Gasteiger partial charge in [0.2, 0.25) is 0 Å². The van der Waals surface area contributed by atoms with Crippen LogP contribution in [-0.4, -0.2) is 21.3 Å². The van der Waals surface area contributed by atoms with Gasteiger partial charge in [-0.25, -0.2) is 0 Å². The molecule has 1 heterocycles. The van der Waals surface area contributed by atoms with Gasteiger partial charge in [-0.15, -0.1) is 5.11 Å². The van der Waals surface area contributed by atoms with Crippen molar-refractivity contribution in [2.75, 3.05) is 0 Å². The monoisotopic (exact) mass is 372 g/mol. The number of hydrogen-bond acceptors (Lipinski definition) is 4. The number of aromatic nitrogens is 2. The lowest BCUT2D eigenvalue weighted by Crippen LogP contribution is -1.99. The molecular weight excluding hydrogens is 356 g/mol. The van der Waals surface area contributed by atoms with Gasteiger partial charge in [-0.05, 0) is 34.5 Å². The molecule has 3 N–H and O–H groups in total. The summed E-state index contributed by atoms with van der Waals surface area (Å²) in [7, 11) is 0. The first-order valence-electron chi connectivity index (χ1n) is 8.62. The minimum absolute atomic E-state index is 0.0546. The number of carboxylic acids is 1. The summed E-state index contributed by atoms with van der Waals surface area (Å²) in [4.78, 5) is 22.9. The molecule has 0 spiro atoms. The Kier molecular flexibility index (Phi) is 4.55. The first-order chi connectivity index (χ1) is 13.6. The molecule has 4 rings (SSSR count). The second kappa shape index (κ2) is 7.32. The topological polar surface area (TPSA) is 111 Å². The molecule has 0 bridgehead atoms. The molecule has 3 aromatic carbocycles. The van der Waals surface area contributed by atoms with Crippen molar-refractivity contribution in [3.05, 3.63) is 82.6 Å². The zero-order chi connectivity index (χ0) is 19.5. The number of H-pyrrole nitrogens is 2. The lowest BCUT2D eigenvalue weighted by Gasteiger charge is -2.02. The van der Waals surface area contributed by atoms with E-state index in [1.54, 1.807) is 24.3 Å². The summed E-state index contributed by atoms with van der Waals surface area (Å²) in [5, 5.41) is 24.6. The van der Waals surface area contributed by atoms with Crippen LogP contribution >= 0.6 is 0 Å². The summed E-state index contributed by atoms with van der Waals surface area (Å²) in [6.07, 6.45) is -0.0546. The van der Waals surface area contributed by atoms with E-state index in [0.717, 1.165) is 16.3 Å². The molecule has 7 nitrogen and oxygen atoms in total. The average molecular weight is 372 g/mol. The number of hydrogen-bond donors (Lipinski definition) is 3. The van der Waals surface area contributed by atoms with Crippen molar-refractivity contribution in [1.29, 1.82) is 0 Å². The van der Waals surface area contributed by atoms with E-state index in [1.165, 1.54) is 0 Å². The largest absolute Gasteiger partial charge is 0.481 e. The van der Waals surface area contributed by atoms with Gasteiger partial charge in [-0.2, -0.15) is 5.11 Å². The van der Waals surface area contributed by atoms with E-state index in [1.807, 2.05) is 42.5 Å². The van der Waals surface area contributed by atoms with E-state index in [9.17, 15) is 9.59 Å². The van der Waals surface area contributed by atoms with Gasteiger partial charge >= 0.3 is 5.97 Å². The quantitative estimate of drug-likeness (QED) is 0.446. The van der Waals surface area contributed by atoms with Crippen LogP contribution in [0, 0.1) is 0 Å². The number of nitrogens with one attached hydrogen (secondary N) is 2. The highest BCUT2D eigenvalue weighted by molar-refractivity contribution is 5.88. The summed E-state index contributed by atoms with van der Waals surface area (Å²) in [6.45, 7) is 0. The van der Waals surface area contributed by atoms with Crippen LogP contribution in [0.4, 0.5) is 11.4 Å². The predicted octanol–water partition coefficient (Wildman–Crippen LogP) is 4.57. The molecule has 0 amide bonds. The van der Waals surface area contributed by atoms with Gasteiger partial charge in [0.1, 0.15) is 0 Å². The summed E-state index contributed by atoms with van der Waals surface area (Å²) in [5.74, 6) is -0.895. The molecule has 0 saturated carbocycles. The lowest BCUT2D eigenvalue weighted by molar-refractivity contribution is -0.136. The van der Waals surface area contributed by atoms with Gasteiger partial charge in [0, 0.05) is 5.56 Å². The summed E-state index contributed by atoms with van der Waals surface area (Å²) in [6, 6.07) is 20.5. The smallest absolute Gasteiger partial charge is 0.307 e. The highest BCUT2D eigenvalue weighted by atomic mass is 16.4. The Morgan fingerprint density at radius 1 is 0.893 bits per heavy atom. The fraction of sp³-hybridized carbons (Fsp3) is 0.0476. The normalized spacial score (nSPS) is 11.3. The number of carboxylic acid groups (broad SMARTS) is 1. The van der Waals surface area contributed by atoms with Gasteiger partial charge < -0.3 is 5.11 Å². The number of carbonyl (C=O) groups is 1. The van der Waals surface area contributed by atoms with Crippen LogP contribution in [0.1, 0.15) is 5.56 Å². The van der Waals surface area contributed by atoms with Crippen LogP contribution in [0.25, 0.3) is 22.0 Å². The third-order valence-electron chi connectivity index (χ3n) is 4.35. The van der Waals surface area contributed by atoms with E-state index < -0.39 is 5.97 Å². The van der Waals surface area contributed by atoms with Crippen molar-refractivity contribution >= 4 is 28.1 Å². The second-order valence-corrected chi connectivity index (χ2v) is 6.30. The van der Waals surface area contributed by atoms with Crippen molar-refractivity contribution in [1.82, 2.24) is 10.2 Å². The third-order valence-corrected chi connectivity index (χ3v) is 4.35. The van der Waals surface area contributed by atoms with Gasteiger partial charge in [0.05, 0.1) is 17.8 Å². The molecule has 28 heavy (non-hydrogen) atoms. The van der Waals surface area contributed by atoms with Crippen molar-refractivity contribution in [3.63, 3.8) is 0 Å². The van der Waals surface area contributed by atoms with E-state index >= 15 is 0 Å². The van der Waals surface area contributed by atoms with Crippen LogP contribution < -0.4 is 5.56 Å². The van der Waals surface area contributed by atoms with Crippen LogP contribution in [-0.2, 0) is 11.2 Å². The second-order valence-electron chi connectivity index (χ2n) is 6.30. The maximum Gasteiger partial charge on any atom is 0.307 e. The summed E-state index contributed by atoms with van der Waals surface area (Å²) < 4.78 is 0. The van der Waals surface area contributed by atoms with Crippen LogP contribution in [0.3, 0.4) is 0 Å². The number of aliphatic carboxylic acids is 1. The molecule has 0 aliphatic rings. The molecule has 0 atom stereocenters. The number of nitrogens with zero attached hydrogens (tertiary/aromatic N) is 2. The number of azo groups is 1. The molecule has 1 aromatic heterocycles. The molecule has 0 saturated heterocycles. The minimum atomic E-state index is -0.895. The first-order valence-corrected chi connectivity index (χ1v) is 8.62. The molecule has 4 aromatic rings. The molecule has 0 aliphatic carbocycles. The van der Waals surface area contributed by atoms with Gasteiger partial charge in [-0.3, -0.25) is 19.8 Å². The molecule has 138 valence electrons. The standard InChI is InChI=1S/C21H16N4O3/c26-18(27)11-13-5-9-17(10-6-13)22-24-20-19(23-25-21(20)28)16-8-7-14-3-1-2-4-15(14)12-16/h1-10,12H,11H2,(H,26,27)(H2,23,25,28). The van der Waals surface area contributed by atoms with Crippen LogP contribution in [0.5, 0.6) is 0 Å². The fourth-order valence-corrected chi connectivity index (χ4v) is 2.96. The zero-order valence-electron chi connectivity index (χ0n) is 14.7. The number of aromatic amines is 2. The van der Waals surface area contributed by atoms with E-state index in [4.69, 9.17) is 5.11 Å². The maximum absolute atomic E-state index is 12.2. The fourth-order valence-electron chi connectivity index (χ4n) is 2.96. The Bertz CT molecular complexity index is 1240. The highest BCUT2D eigenvalue weighted by Crippen LogP contribution is 2.29. The third kappa shape index (κ3) is 3.59. The van der Waals surface area contributed by atoms with Crippen molar-refractivity contribution < 1.29 is 9.90 Å². The molecule has 0 radical (unpaired) electrons. The molecule has 0 fully saturated rings. The number of rotatable bonds is 5. The Morgan fingerprint density at radius 2 is 1.64 bits per heavy atom. The summed E-state index contributed by atoms with van der Waals surface area (Å²) >= 11 is 0. The van der Waals surface area contributed by atoms with Gasteiger partial charge in [-0.1, -0.05) is 48.5 Å². The summed E-state index contributed by atoms with van der Waals surface area (Å²) in [5.41, 5.74) is 2.39. The van der Waals surface area contributed by atoms with E-state index in [-0.39, 0.29) is 17.7 Å². The molecular formula is C21H16N4O3. The van der Waals surface area contributed by atoms with Gasteiger partial charge in [0.25, 0.3) is 5.56 Å². The van der Waals surface area contributed by atoms with E-state index in [0.29, 0.717) is 16.9 Å². The molecule has 0 unspecified atom stereocenters. The Balaban J connectivity index is 1.65. The van der Waals surface area contributed by atoms with Crippen molar-refractivity contribution in [3.8, 4) is 11.3 Å². The van der Waals surface area contributed by atoms with Crippen LogP contribution in [0.2, 0.25) is 0 Å². The Hall–Kier alpha value is -4.00. The van der Waals surface area contributed by atoms with Crippen molar-refractivity contribution in [2.45, 2.75) is 6.42 Å². The SMILES string of the molecule is O=C(O)Cc1ccc(N=Nc2c(-c3ccc4ccccc4c3)[nH][nH]c2=O)cc1. The predicted molar refractivity (Wildman–Crippen MR) is 106 cm³/mol. The Morgan fingerprint density at radius 3 is 2.39 bits per heavy atom. The van der Waals surface area contributed by atoms with Gasteiger partial charge in [0.15, 0.2) is 5.69 Å². The van der Waals surface area contributed by atoms with Crippen molar-refractivity contribution in [2.24, 2.45) is 10.2 Å². The Labute approximate surface area is 159 Å². The molecule has 0 aliphatic heterocycles. The molecule has 7 heteroatoms. The van der Waals surface area contributed by atoms with Crippen LogP contribution in [0.15, 0.2) is 81.8 Å². The minimum Gasteiger partial charge on any atom is -0.481 e. The number of benzene rings is 3. The highest BCUT2D eigenvalue weighted by Gasteiger charge is 2.12.